The van der Waals surface area contributed by atoms with Gasteiger partial charge in [0.05, 0.1) is 23.4 Å². The normalized spacial score (nSPS) is 15.9. The summed E-state index contributed by atoms with van der Waals surface area (Å²) in [5.41, 5.74) is 7.93. The summed E-state index contributed by atoms with van der Waals surface area (Å²) in [6.07, 6.45) is 5.00. The largest absolute Gasteiger partial charge is 0.463 e. The molecule has 0 radical (unpaired) electrons. The number of fused-ring (bicyclic) bond motifs is 1. The second-order valence-corrected chi connectivity index (χ2v) is 7.08. The lowest BCUT2D eigenvalue weighted by Crippen LogP contribution is -2.42. The number of pyridine rings is 1. The Hall–Kier alpha value is -2.67. The van der Waals surface area contributed by atoms with Crippen LogP contribution in [0.25, 0.3) is 22.5 Å². The monoisotopic (exact) mass is 353 g/mol. The molecule has 0 saturated carbocycles. The van der Waals surface area contributed by atoms with Gasteiger partial charge >= 0.3 is 0 Å². The van der Waals surface area contributed by atoms with Gasteiger partial charge in [-0.25, -0.2) is 9.67 Å². The molecule has 136 valence electrons. The number of aromatic nitrogens is 3. The molecular weight excluding hydrogens is 330 g/mol. The van der Waals surface area contributed by atoms with E-state index in [1.807, 2.05) is 41.6 Å². The summed E-state index contributed by atoms with van der Waals surface area (Å²) in [6.45, 7) is 5.44. The molecule has 1 saturated heterocycles. The van der Waals surface area contributed by atoms with Crippen LogP contribution in [0.5, 0.6) is 0 Å². The predicted molar refractivity (Wildman–Crippen MR) is 98.7 cm³/mol. The molecular formula is C19H23N5O2. The van der Waals surface area contributed by atoms with Crippen molar-refractivity contribution in [3.8, 4) is 11.5 Å². The Morgan fingerprint density at radius 2 is 2.12 bits per heavy atom. The molecule has 7 nitrogen and oxygen atoms in total. The summed E-state index contributed by atoms with van der Waals surface area (Å²) in [5.74, 6) is 0.638. The lowest BCUT2D eigenvalue weighted by molar-refractivity contribution is 0.0716. The smallest absolute Gasteiger partial charge is 0.254 e. The van der Waals surface area contributed by atoms with Gasteiger partial charge in [0.15, 0.2) is 11.4 Å². The van der Waals surface area contributed by atoms with Crippen molar-refractivity contribution in [1.29, 1.82) is 0 Å². The average molecular weight is 353 g/mol. The third kappa shape index (κ3) is 2.88. The molecule has 1 aliphatic rings. The molecule has 1 fully saturated rings. The molecule has 1 aliphatic heterocycles. The Bertz CT molecular complexity index is 921. The summed E-state index contributed by atoms with van der Waals surface area (Å²) < 4.78 is 7.34. The van der Waals surface area contributed by atoms with Crippen LogP contribution in [0.2, 0.25) is 0 Å². The number of nitrogens with two attached hydrogens (primary N) is 1. The average Bonchev–Trinajstić information content (AvgIpc) is 3.30. The van der Waals surface area contributed by atoms with Crippen molar-refractivity contribution in [2.75, 3.05) is 13.1 Å². The van der Waals surface area contributed by atoms with E-state index in [2.05, 4.69) is 5.10 Å². The van der Waals surface area contributed by atoms with Gasteiger partial charge in [-0.05, 0) is 44.9 Å². The van der Waals surface area contributed by atoms with Crippen molar-refractivity contribution in [2.45, 2.75) is 38.8 Å². The highest BCUT2D eigenvalue weighted by Gasteiger charge is 2.25. The number of piperidine rings is 1. The molecule has 3 aromatic heterocycles. The van der Waals surface area contributed by atoms with E-state index in [9.17, 15) is 4.79 Å². The minimum Gasteiger partial charge on any atom is -0.463 e. The van der Waals surface area contributed by atoms with Gasteiger partial charge in [0.1, 0.15) is 5.69 Å². The Kier molecular flexibility index (Phi) is 4.24. The minimum absolute atomic E-state index is 0.000382. The number of amides is 1. The van der Waals surface area contributed by atoms with Crippen LogP contribution in [-0.4, -0.2) is 44.7 Å². The summed E-state index contributed by atoms with van der Waals surface area (Å²) in [6, 6.07) is 5.79. The minimum atomic E-state index is 0.000382. The molecule has 0 aromatic carbocycles. The maximum Gasteiger partial charge on any atom is 0.254 e. The molecule has 0 unspecified atom stereocenters. The number of hydrogen-bond donors (Lipinski definition) is 1. The van der Waals surface area contributed by atoms with Crippen LogP contribution >= 0.6 is 0 Å². The summed E-state index contributed by atoms with van der Waals surface area (Å²) in [5, 5.41) is 5.22. The number of nitrogens with zero attached hydrogens (tertiary/aromatic N) is 4. The van der Waals surface area contributed by atoms with Crippen LogP contribution in [0, 0.1) is 0 Å². The Labute approximate surface area is 151 Å². The molecule has 0 spiro atoms. The maximum absolute atomic E-state index is 13.2. The van der Waals surface area contributed by atoms with E-state index in [-0.39, 0.29) is 18.0 Å². The Morgan fingerprint density at radius 3 is 2.77 bits per heavy atom. The molecule has 0 aliphatic carbocycles. The van der Waals surface area contributed by atoms with Gasteiger partial charge < -0.3 is 15.1 Å². The van der Waals surface area contributed by atoms with Crippen LogP contribution in [0.3, 0.4) is 0 Å². The zero-order valence-corrected chi connectivity index (χ0v) is 15.1. The molecule has 26 heavy (non-hydrogen) atoms. The van der Waals surface area contributed by atoms with Gasteiger partial charge in [0.2, 0.25) is 0 Å². The molecule has 0 atom stereocenters. The van der Waals surface area contributed by atoms with Crippen molar-refractivity contribution in [2.24, 2.45) is 5.73 Å². The maximum atomic E-state index is 13.2. The molecule has 3 aromatic rings. The third-order valence-corrected chi connectivity index (χ3v) is 4.89. The van der Waals surface area contributed by atoms with Crippen molar-refractivity contribution in [3.05, 3.63) is 36.2 Å². The lowest BCUT2D eigenvalue weighted by atomic mass is 10.0. The van der Waals surface area contributed by atoms with E-state index >= 15 is 0 Å². The lowest BCUT2D eigenvalue weighted by Gasteiger charge is -2.30. The van der Waals surface area contributed by atoms with Crippen molar-refractivity contribution >= 4 is 16.9 Å². The summed E-state index contributed by atoms with van der Waals surface area (Å²) >= 11 is 0. The van der Waals surface area contributed by atoms with Crippen molar-refractivity contribution < 1.29 is 9.21 Å². The zero-order chi connectivity index (χ0) is 18.3. The predicted octanol–water partition coefficient (Wildman–Crippen LogP) is 2.84. The standard InChI is InChI=1S/C19H23N5O2/c1-12(2)24-18-15(11-21-24)14(10-16(22-18)17-4-3-9-26-17)19(25)23-7-5-13(20)6-8-23/h3-4,9-13H,5-8,20H2,1-2H3. The van der Waals surface area contributed by atoms with Crippen molar-refractivity contribution in [1.82, 2.24) is 19.7 Å². The molecule has 4 heterocycles. The topological polar surface area (TPSA) is 90.2 Å². The SMILES string of the molecule is CC(C)n1ncc2c(C(=O)N3CCC(N)CC3)cc(-c3ccco3)nc21. The first-order valence-electron chi connectivity index (χ1n) is 9.01. The number of likely N-dealkylation sites (tertiary alicyclic amines) is 1. The van der Waals surface area contributed by atoms with Gasteiger partial charge in [0.25, 0.3) is 5.91 Å². The van der Waals surface area contributed by atoms with Gasteiger partial charge in [-0.2, -0.15) is 5.10 Å². The number of rotatable bonds is 3. The molecule has 2 N–H and O–H groups in total. The fraction of sp³-hybridized carbons (Fsp3) is 0.421. The third-order valence-electron chi connectivity index (χ3n) is 4.89. The van der Waals surface area contributed by atoms with Gasteiger partial charge in [-0.1, -0.05) is 0 Å². The number of hydrogen-bond acceptors (Lipinski definition) is 5. The molecule has 1 amide bonds. The first kappa shape index (κ1) is 16.8. The fourth-order valence-electron chi connectivity index (χ4n) is 3.40. The molecule has 7 heteroatoms. The Balaban J connectivity index is 1.83. The number of carbonyl (C=O) groups excluding carboxylic acids is 1. The van der Waals surface area contributed by atoms with Crippen LogP contribution in [0.1, 0.15) is 43.1 Å². The molecule has 0 bridgehead atoms. The summed E-state index contributed by atoms with van der Waals surface area (Å²) in [7, 11) is 0. The van der Waals surface area contributed by atoms with Crippen LogP contribution in [0.15, 0.2) is 35.1 Å². The quantitative estimate of drug-likeness (QED) is 0.782. The summed E-state index contributed by atoms with van der Waals surface area (Å²) in [4.78, 5) is 19.8. The van der Waals surface area contributed by atoms with Gasteiger partial charge in [0, 0.05) is 25.2 Å². The van der Waals surface area contributed by atoms with Gasteiger partial charge in [-0.15, -0.1) is 0 Å². The highest BCUT2D eigenvalue weighted by Crippen LogP contribution is 2.28. The van der Waals surface area contributed by atoms with Crippen LogP contribution < -0.4 is 5.73 Å². The number of carbonyl (C=O) groups is 1. The number of furan rings is 1. The van der Waals surface area contributed by atoms with E-state index in [1.165, 1.54) is 0 Å². The fourth-order valence-corrected chi connectivity index (χ4v) is 3.40. The van der Waals surface area contributed by atoms with E-state index < -0.39 is 0 Å². The first-order chi connectivity index (χ1) is 12.5. The van der Waals surface area contributed by atoms with Crippen molar-refractivity contribution in [3.63, 3.8) is 0 Å². The van der Waals surface area contributed by atoms with E-state index in [1.54, 1.807) is 12.5 Å². The van der Waals surface area contributed by atoms with E-state index in [0.29, 0.717) is 35.8 Å². The van der Waals surface area contributed by atoms with Gasteiger partial charge in [-0.3, -0.25) is 4.79 Å². The highest BCUT2D eigenvalue weighted by atomic mass is 16.3. The molecule has 4 rings (SSSR count). The van der Waals surface area contributed by atoms with E-state index in [0.717, 1.165) is 18.2 Å². The van der Waals surface area contributed by atoms with Crippen LogP contribution in [-0.2, 0) is 0 Å². The first-order valence-corrected chi connectivity index (χ1v) is 9.01. The second-order valence-electron chi connectivity index (χ2n) is 7.08. The Morgan fingerprint density at radius 1 is 1.35 bits per heavy atom. The van der Waals surface area contributed by atoms with Crippen LogP contribution in [0.4, 0.5) is 0 Å². The highest BCUT2D eigenvalue weighted by molar-refractivity contribution is 6.06. The second kappa shape index (κ2) is 6.57. The zero-order valence-electron chi connectivity index (χ0n) is 15.1. The van der Waals surface area contributed by atoms with E-state index in [4.69, 9.17) is 15.1 Å².